The standard InChI is InChI=1S/C29H38N6O3/c1-18(2)20(4)31-29(37)34-12-9-22(17-34)32-28-30-16-21-15-25(24-8-6-5-7-19(24)3)27(36)35(26(21)33-28)23-10-13-38-14-11-23/h5-8,15-16,18,20,22-23H,9-14,17H2,1-4H3,(H,31,37)(H,30,32,33)/t20-,22-/m0/s1. The van der Waals surface area contributed by atoms with E-state index >= 15 is 0 Å². The Hall–Kier alpha value is -3.46. The van der Waals surface area contributed by atoms with Crippen LogP contribution in [0.3, 0.4) is 0 Å². The molecule has 9 heteroatoms. The molecule has 1 aromatic carbocycles. The second kappa shape index (κ2) is 11.1. The number of nitrogens with one attached hydrogen (secondary N) is 2. The largest absolute Gasteiger partial charge is 0.381 e. The van der Waals surface area contributed by atoms with E-state index in [1.807, 2.05) is 53.6 Å². The lowest BCUT2D eigenvalue weighted by molar-refractivity contribution is 0.0697. The summed E-state index contributed by atoms with van der Waals surface area (Å²) >= 11 is 0. The third kappa shape index (κ3) is 5.38. The van der Waals surface area contributed by atoms with E-state index in [0.29, 0.717) is 49.4 Å². The molecule has 0 aliphatic carbocycles. The van der Waals surface area contributed by atoms with Crippen LogP contribution in [0.25, 0.3) is 22.2 Å². The van der Waals surface area contributed by atoms with Crippen LogP contribution in [0.4, 0.5) is 10.7 Å². The predicted molar refractivity (Wildman–Crippen MR) is 149 cm³/mol. The van der Waals surface area contributed by atoms with Gasteiger partial charge >= 0.3 is 6.03 Å². The highest BCUT2D eigenvalue weighted by Crippen LogP contribution is 2.28. The number of benzene rings is 1. The van der Waals surface area contributed by atoms with E-state index in [2.05, 4.69) is 29.5 Å². The first-order valence-electron chi connectivity index (χ1n) is 13.7. The van der Waals surface area contributed by atoms with Crippen molar-refractivity contribution in [2.24, 2.45) is 5.92 Å². The van der Waals surface area contributed by atoms with Gasteiger partial charge in [-0.3, -0.25) is 9.36 Å². The number of fused-ring (bicyclic) bond motifs is 1. The molecule has 0 saturated carbocycles. The Morgan fingerprint density at radius 1 is 1.11 bits per heavy atom. The van der Waals surface area contributed by atoms with E-state index in [0.717, 1.165) is 35.8 Å². The van der Waals surface area contributed by atoms with Crippen molar-refractivity contribution in [3.63, 3.8) is 0 Å². The molecule has 2 saturated heterocycles. The quantitative estimate of drug-likeness (QED) is 0.503. The van der Waals surface area contributed by atoms with Crippen molar-refractivity contribution in [2.75, 3.05) is 31.6 Å². The molecule has 0 spiro atoms. The van der Waals surface area contributed by atoms with Crippen LogP contribution in [0.15, 0.2) is 41.3 Å². The second-order valence-corrected chi connectivity index (χ2v) is 10.9. The Morgan fingerprint density at radius 3 is 2.61 bits per heavy atom. The SMILES string of the molecule is Cc1ccccc1-c1cc2cnc(N[C@H]3CCN(C(=O)N[C@@H](C)C(C)C)C3)nc2n(C2CCOCC2)c1=O. The number of pyridine rings is 1. The Morgan fingerprint density at radius 2 is 1.87 bits per heavy atom. The number of hydrogen-bond acceptors (Lipinski definition) is 6. The minimum absolute atomic E-state index is 0.0130. The molecule has 0 radical (unpaired) electrons. The monoisotopic (exact) mass is 518 g/mol. The van der Waals surface area contributed by atoms with Gasteiger partial charge in [0.05, 0.1) is 0 Å². The van der Waals surface area contributed by atoms with Gasteiger partial charge < -0.3 is 20.3 Å². The molecular formula is C29H38N6O3. The van der Waals surface area contributed by atoms with Crippen molar-refractivity contribution < 1.29 is 9.53 Å². The average molecular weight is 519 g/mol. The Bertz CT molecular complexity index is 1360. The van der Waals surface area contributed by atoms with E-state index in [1.165, 1.54) is 0 Å². The summed E-state index contributed by atoms with van der Waals surface area (Å²) in [6.45, 7) is 10.7. The molecule has 2 atom stereocenters. The number of urea groups is 1. The zero-order valence-electron chi connectivity index (χ0n) is 22.7. The summed E-state index contributed by atoms with van der Waals surface area (Å²) in [4.78, 5) is 37.9. The van der Waals surface area contributed by atoms with Gasteiger partial charge in [-0.05, 0) is 56.2 Å². The fourth-order valence-electron chi connectivity index (χ4n) is 5.24. The highest BCUT2D eigenvalue weighted by molar-refractivity contribution is 5.82. The summed E-state index contributed by atoms with van der Waals surface area (Å²) in [6, 6.07) is 10.0. The number of hydrogen-bond donors (Lipinski definition) is 2. The van der Waals surface area contributed by atoms with Crippen molar-refractivity contribution in [3.05, 3.63) is 52.4 Å². The van der Waals surface area contributed by atoms with Crippen LogP contribution in [0.1, 0.15) is 51.6 Å². The van der Waals surface area contributed by atoms with Crippen LogP contribution in [-0.2, 0) is 4.74 Å². The van der Waals surface area contributed by atoms with Crippen molar-refractivity contribution in [1.29, 1.82) is 0 Å². The van der Waals surface area contributed by atoms with Gasteiger partial charge in [0.1, 0.15) is 5.65 Å². The van der Waals surface area contributed by atoms with Crippen LogP contribution in [0, 0.1) is 12.8 Å². The molecule has 2 aliphatic rings. The van der Waals surface area contributed by atoms with Crippen LogP contribution in [-0.4, -0.2) is 63.9 Å². The maximum absolute atomic E-state index is 13.9. The number of carbonyl (C=O) groups excluding carboxylic acids is 1. The van der Waals surface area contributed by atoms with Crippen molar-refractivity contribution in [1.82, 2.24) is 24.8 Å². The van der Waals surface area contributed by atoms with Crippen molar-refractivity contribution >= 4 is 23.0 Å². The first-order chi connectivity index (χ1) is 18.3. The van der Waals surface area contributed by atoms with Gasteiger partial charge in [0.2, 0.25) is 5.95 Å². The molecule has 2 aliphatic heterocycles. The van der Waals surface area contributed by atoms with Crippen molar-refractivity contribution in [3.8, 4) is 11.1 Å². The first kappa shape index (κ1) is 26.2. The van der Waals surface area contributed by atoms with Gasteiger partial charge in [-0.1, -0.05) is 38.1 Å². The minimum Gasteiger partial charge on any atom is -0.381 e. The maximum atomic E-state index is 13.9. The maximum Gasteiger partial charge on any atom is 0.317 e. The fraction of sp³-hybridized carbons (Fsp3) is 0.517. The molecule has 3 aromatic rings. The van der Waals surface area contributed by atoms with Gasteiger partial charge in [-0.2, -0.15) is 4.98 Å². The van der Waals surface area contributed by atoms with E-state index in [9.17, 15) is 9.59 Å². The van der Waals surface area contributed by atoms with Crippen LogP contribution in [0.5, 0.6) is 0 Å². The Labute approximate surface area is 223 Å². The Balaban J connectivity index is 1.44. The number of aryl methyl sites for hydroxylation is 1. The molecule has 2 N–H and O–H groups in total. The summed E-state index contributed by atoms with van der Waals surface area (Å²) in [6.07, 6.45) is 4.14. The topological polar surface area (TPSA) is 101 Å². The number of carbonyl (C=O) groups is 1. The lowest BCUT2D eigenvalue weighted by Gasteiger charge is -2.26. The molecule has 2 amide bonds. The average Bonchev–Trinajstić information content (AvgIpc) is 3.38. The summed E-state index contributed by atoms with van der Waals surface area (Å²) in [5, 5.41) is 7.33. The van der Waals surface area contributed by atoms with Gasteiger partial charge in [0, 0.05) is 61.6 Å². The molecular weight excluding hydrogens is 480 g/mol. The molecule has 2 aromatic heterocycles. The molecule has 9 nitrogen and oxygen atoms in total. The molecule has 2 fully saturated rings. The molecule has 38 heavy (non-hydrogen) atoms. The van der Waals surface area contributed by atoms with E-state index in [-0.39, 0.29) is 29.7 Å². The number of ether oxygens (including phenoxy) is 1. The highest BCUT2D eigenvalue weighted by Gasteiger charge is 2.28. The number of amides is 2. The molecule has 0 unspecified atom stereocenters. The fourth-order valence-corrected chi connectivity index (χ4v) is 5.24. The van der Waals surface area contributed by atoms with Gasteiger partial charge in [0.25, 0.3) is 5.56 Å². The lowest BCUT2D eigenvalue weighted by Crippen LogP contribution is -2.45. The van der Waals surface area contributed by atoms with Crippen LogP contribution < -0.4 is 16.2 Å². The lowest BCUT2D eigenvalue weighted by atomic mass is 10.00. The zero-order chi connectivity index (χ0) is 26.8. The third-order valence-corrected chi connectivity index (χ3v) is 7.92. The zero-order valence-corrected chi connectivity index (χ0v) is 22.7. The second-order valence-electron chi connectivity index (χ2n) is 10.9. The summed E-state index contributed by atoms with van der Waals surface area (Å²) in [7, 11) is 0. The van der Waals surface area contributed by atoms with Gasteiger partial charge in [-0.25, -0.2) is 9.78 Å². The van der Waals surface area contributed by atoms with Gasteiger partial charge in [-0.15, -0.1) is 0 Å². The molecule has 0 bridgehead atoms. The van der Waals surface area contributed by atoms with Gasteiger partial charge in [0.15, 0.2) is 0 Å². The first-order valence-corrected chi connectivity index (χ1v) is 13.7. The molecule has 202 valence electrons. The third-order valence-electron chi connectivity index (χ3n) is 7.92. The summed E-state index contributed by atoms with van der Waals surface area (Å²) < 4.78 is 7.44. The number of likely N-dealkylation sites (tertiary alicyclic amines) is 1. The number of aromatic nitrogens is 3. The number of anilines is 1. The minimum atomic E-state index is -0.0358. The van der Waals surface area contributed by atoms with Crippen LogP contribution >= 0.6 is 0 Å². The highest BCUT2D eigenvalue weighted by atomic mass is 16.5. The van der Waals surface area contributed by atoms with Crippen LogP contribution in [0.2, 0.25) is 0 Å². The molecule has 4 heterocycles. The summed E-state index contributed by atoms with van der Waals surface area (Å²) in [5.41, 5.74) is 3.25. The van der Waals surface area contributed by atoms with E-state index < -0.39 is 0 Å². The van der Waals surface area contributed by atoms with E-state index in [4.69, 9.17) is 9.72 Å². The normalized spacial score (nSPS) is 19.2. The molecule has 5 rings (SSSR count). The smallest absolute Gasteiger partial charge is 0.317 e. The number of rotatable bonds is 6. The van der Waals surface area contributed by atoms with Crippen molar-refractivity contribution in [2.45, 2.75) is 65.1 Å². The Kier molecular flexibility index (Phi) is 7.65. The predicted octanol–water partition coefficient (Wildman–Crippen LogP) is 4.36. The summed E-state index contributed by atoms with van der Waals surface area (Å²) in [5.74, 6) is 0.852. The number of nitrogens with zero attached hydrogens (tertiary/aromatic N) is 4. The van der Waals surface area contributed by atoms with E-state index in [1.54, 1.807) is 6.20 Å².